The Morgan fingerprint density at radius 3 is 2.96 bits per heavy atom. The molecule has 1 unspecified atom stereocenters. The second-order valence-corrected chi connectivity index (χ2v) is 7.08. The van der Waals surface area contributed by atoms with Gasteiger partial charge in [0.15, 0.2) is 5.96 Å². The van der Waals surface area contributed by atoms with Crippen molar-refractivity contribution in [2.24, 2.45) is 4.99 Å². The number of aromatic nitrogens is 2. The number of ether oxygens (including phenoxy) is 1. The maximum atomic E-state index is 5.33. The highest BCUT2D eigenvalue weighted by atomic mass is 32.1. The third-order valence-corrected chi connectivity index (χ3v) is 5.32. The van der Waals surface area contributed by atoms with E-state index in [0.29, 0.717) is 13.1 Å². The van der Waals surface area contributed by atoms with Gasteiger partial charge in [0.2, 0.25) is 0 Å². The minimum atomic E-state index is 0.0264. The predicted molar refractivity (Wildman–Crippen MR) is 108 cm³/mol. The van der Waals surface area contributed by atoms with Gasteiger partial charge in [-0.05, 0) is 24.4 Å². The van der Waals surface area contributed by atoms with Crippen LogP contribution in [-0.2, 0) is 17.8 Å². The van der Waals surface area contributed by atoms with E-state index in [1.807, 2.05) is 26.1 Å². The van der Waals surface area contributed by atoms with Gasteiger partial charge in [0.1, 0.15) is 11.1 Å². The molecule has 1 aromatic carbocycles. The molecule has 0 aliphatic carbocycles. The van der Waals surface area contributed by atoms with E-state index in [1.54, 1.807) is 25.5 Å². The van der Waals surface area contributed by atoms with E-state index in [-0.39, 0.29) is 6.10 Å². The van der Waals surface area contributed by atoms with Gasteiger partial charge in [0.25, 0.3) is 0 Å². The molecule has 0 bridgehead atoms. The maximum absolute atomic E-state index is 5.33. The molecule has 0 fully saturated rings. The van der Waals surface area contributed by atoms with Crippen molar-refractivity contribution in [1.29, 1.82) is 0 Å². The van der Waals surface area contributed by atoms with Crippen LogP contribution < -0.4 is 5.32 Å². The Morgan fingerprint density at radius 1 is 1.42 bits per heavy atom. The van der Waals surface area contributed by atoms with Crippen molar-refractivity contribution in [2.45, 2.75) is 26.1 Å². The first-order valence-corrected chi connectivity index (χ1v) is 9.44. The molecule has 3 aromatic rings. The number of para-hydroxylation sites is 1. The van der Waals surface area contributed by atoms with Crippen molar-refractivity contribution in [2.75, 3.05) is 21.2 Å². The average molecular weight is 372 g/mol. The van der Waals surface area contributed by atoms with E-state index in [9.17, 15) is 0 Å². The van der Waals surface area contributed by atoms with Crippen molar-refractivity contribution in [3.8, 4) is 0 Å². The number of guanidine groups is 1. The molecule has 2 N–H and O–H groups in total. The summed E-state index contributed by atoms with van der Waals surface area (Å²) in [5.74, 6) is 0.831. The molecule has 6 nitrogen and oxygen atoms in total. The van der Waals surface area contributed by atoms with Gasteiger partial charge in [-0.1, -0.05) is 18.2 Å². The van der Waals surface area contributed by atoms with Crippen LogP contribution in [0.25, 0.3) is 10.9 Å². The number of hydrogen-bond acceptors (Lipinski definition) is 4. The number of aromatic amines is 1. The van der Waals surface area contributed by atoms with Gasteiger partial charge >= 0.3 is 0 Å². The quantitative estimate of drug-likeness (QED) is 0.514. The molecule has 3 rings (SSSR count). The minimum Gasteiger partial charge on any atom is -0.375 e. The number of nitrogens with zero attached hydrogens (tertiary/aromatic N) is 3. The Morgan fingerprint density at radius 2 is 2.23 bits per heavy atom. The Kier molecular flexibility index (Phi) is 5.90. The molecule has 0 aliphatic heterocycles. The van der Waals surface area contributed by atoms with Gasteiger partial charge in [-0.25, -0.2) is 4.98 Å². The van der Waals surface area contributed by atoms with E-state index >= 15 is 0 Å². The number of hydrogen-bond donors (Lipinski definition) is 2. The summed E-state index contributed by atoms with van der Waals surface area (Å²) in [4.78, 5) is 14.5. The molecule has 138 valence electrons. The van der Waals surface area contributed by atoms with Crippen LogP contribution in [-0.4, -0.2) is 42.0 Å². The summed E-state index contributed by atoms with van der Waals surface area (Å²) in [7, 11) is 5.51. The number of aliphatic imine (C=N–C) groups is 1. The molecular formula is C19H25N5OS. The summed E-state index contributed by atoms with van der Waals surface area (Å²) < 4.78 is 5.33. The zero-order valence-electron chi connectivity index (χ0n) is 15.6. The highest BCUT2D eigenvalue weighted by Gasteiger charge is 2.13. The molecule has 0 radical (unpaired) electrons. The summed E-state index contributed by atoms with van der Waals surface area (Å²) in [5.41, 5.74) is 3.30. The zero-order valence-corrected chi connectivity index (χ0v) is 16.4. The SMILES string of the molecule is CN=C(NCc1cc2ccccc2[nH]1)N(C)Cc1csc(C(C)OC)n1. The first-order chi connectivity index (χ1) is 12.6. The Hall–Kier alpha value is -2.38. The molecular weight excluding hydrogens is 346 g/mol. The lowest BCUT2D eigenvalue weighted by Crippen LogP contribution is -2.38. The molecule has 0 spiro atoms. The highest BCUT2D eigenvalue weighted by molar-refractivity contribution is 7.09. The summed E-state index contributed by atoms with van der Waals surface area (Å²) >= 11 is 1.63. The van der Waals surface area contributed by atoms with Gasteiger partial charge in [0, 0.05) is 37.8 Å². The second kappa shape index (κ2) is 8.33. The van der Waals surface area contributed by atoms with Crippen molar-refractivity contribution >= 4 is 28.2 Å². The Balaban J connectivity index is 1.60. The molecule has 0 saturated carbocycles. The summed E-state index contributed by atoms with van der Waals surface area (Å²) in [6, 6.07) is 10.4. The molecule has 7 heteroatoms. The molecule has 0 aliphatic rings. The van der Waals surface area contributed by atoms with Gasteiger partial charge in [-0.15, -0.1) is 11.3 Å². The van der Waals surface area contributed by atoms with Gasteiger partial charge in [-0.3, -0.25) is 4.99 Å². The number of nitrogens with one attached hydrogen (secondary N) is 2. The molecule has 26 heavy (non-hydrogen) atoms. The van der Waals surface area contributed by atoms with Crippen LogP contribution in [0.4, 0.5) is 0 Å². The third-order valence-electron chi connectivity index (χ3n) is 4.27. The largest absolute Gasteiger partial charge is 0.375 e. The zero-order chi connectivity index (χ0) is 18.5. The second-order valence-electron chi connectivity index (χ2n) is 6.19. The molecule has 1 atom stereocenters. The molecule has 2 heterocycles. The lowest BCUT2D eigenvalue weighted by Gasteiger charge is -2.21. The number of benzene rings is 1. The Labute approximate surface area is 157 Å². The predicted octanol–water partition coefficient (Wildman–Crippen LogP) is 3.54. The minimum absolute atomic E-state index is 0.0264. The summed E-state index contributed by atoms with van der Waals surface area (Å²) in [5, 5.41) is 7.69. The van der Waals surface area contributed by atoms with E-state index in [2.05, 4.69) is 48.8 Å². The molecule has 2 aromatic heterocycles. The average Bonchev–Trinajstić information content (AvgIpc) is 3.28. The van der Waals surface area contributed by atoms with E-state index < -0.39 is 0 Å². The van der Waals surface area contributed by atoms with Crippen molar-refractivity contribution in [3.63, 3.8) is 0 Å². The summed E-state index contributed by atoms with van der Waals surface area (Å²) in [6.07, 6.45) is 0.0264. The number of thiazole rings is 1. The standard InChI is InChI=1S/C19H25N5OS/c1-13(25-4)18-23-16(12-26-18)11-24(3)19(20-2)21-10-15-9-14-7-5-6-8-17(14)22-15/h5-9,12-13,22H,10-11H2,1-4H3,(H,20,21). The van der Waals surface area contributed by atoms with Crippen LogP contribution in [0.5, 0.6) is 0 Å². The molecule has 0 saturated heterocycles. The number of rotatable bonds is 6. The van der Waals surface area contributed by atoms with E-state index in [1.165, 1.54) is 5.39 Å². The fourth-order valence-electron chi connectivity index (χ4n) is 2.79. The molecule has 0 amide bonds. The first kappa shape index (κ1) is 18.4. The fourth-order valence-corrected chi connectivity index (χ4v) is 3.63. The normalized spacial score (nSPS) is 13.2. The van der Waals surface area contributed by atoms with Crippen molar-refractivity contribution in [1.82, 2.24) is 20.2 Å². The smallest absolute Gasteiger partial charge is 0.194 e. The maximum Gasteiger partial charge on any atom is 0.194 e. The fraction of sp³-hybridized carbons (Fsp3) is 0.368. The van der Waals surface area contributed by atoms with Crippen LogP contribution in [0.15, 0.2) is 40.7 Å². The lowest BCUT2D eigenvalue weighted by molar-refractivity contribution is 0.119. The number of H-pyrrole nitrogens is 1. The Bertz CT molecular complexity index is 852. The van der Waals surface area contributed by atoms with Crippen LogP contribution in [0.2, 0.25) is 0 Å². The van der Waals surface area contributed by atoms with Crippen LogP contribution in [0, 0.1) is 0 Å². The van der Waals surface area contributed by atoms with E-state index in [0.717, 1.165) is 27.9 Å². The van der Waals surface area contributed by atoms with Crippen molar-refractivity contribution in [3.05, 3.63) is 52.1 Å². The lowest BCUT2D eigenvalue weighted by atomic mass is 10.2. The van der Waals surface area contributed by atoms with Gasteiger partial charge < -0.3 is 19.9 Å². The van der Waals surface area contributed by atoms with Gasteiger partial charge in [0.05, 0.1) is 18.8 Å². The highest BCUT2D eigenvalue weighted by Crippen LogP contribution is 2.21. The topological polar surface area (TPSA) is 65.5 Å². The number of methoxy groups -OCH3 is 1. The van der Waals surface area contributed by atoms with E-state index in [4.69, 9.17) is 4.74 Å². The monoisotopic (exact) mass is 371 g/mol. The first-order valence-electron chi connectivity index (χ1n) is 8.56. The number of fused-ring (bicyclic) bond motifs is 1. The van der Waals surface area contributed by atoms with Crippen LogP contribution in [0.3, 0.4) is 0 Å². The van der Waals surface area contributed by atoms with Crippen molar-refractivity contribution < 1.29 is 4.74 Å². The van der Waals surface area contributed by atoms with Crippen LogP contribution in [0.1, 0.15) is 29.4 Å². The summed E-state index contributed by atoms with van der Waals surface area (Å²) in [6.45, 7) is 3.39. The van der Waals surface area contributed by atoms with Gasteiger partial charge in [-0.2, -0.15) is 0 Å². The third kappa shape index (κ3) is 4.23. The van der Waals surface area contributed by atoms with Crippen LogP contribution >= 0.6 is 11.3 Å².